The number of benzene rings is 4. The molecule has 2 aliphatic carbocycles. The number of dihydropyridines is 1. The second-order valence-corrected chi connectivity index (χ2v) is 16.9. The number of phenolic OH excluding ortho intramolecular Hbond substituents is 2. The van der Waals surface area contributed by atoms with Crippen LogP contribution in [0.25, 0.3) is 11.1 Å². The van der Waals surface area contributed by atoms with Gasteiger partial charge in [-0.05, 0) is 121 Å². The minimum Gasteiger partial charge on any atom is -0.508 e. The fourth-order valence-electron chi connectivity index (χ4n) is 10.9. The molecular weight excluding hydrogens is 755 g/mol. The summed E-state index contributed by atoms with van der Waals surface area (Å²) in [6.45, 7) is 4.49. The lowest BCUT2D eigenvalue weighted by Gasteiger charge is -2.40. The second-order valence-electron chi connectivity index (χ2n) is 16.9. The molecule has 0 radical (unpaired) electrons. The van der Waals surface area contributed by atoms with Crippen molar-refractivity contribution in [1.82, 2.24) is 5.32 Å². The highest BCUT2D eigenvalue weighted by atomic mass is 16.5. The second kappa shape index (κ2) is 15.9. The van der Waals surface area contributed by atoms with Crippen LogP contribution >= 0.6 is 0 Å². The van der Waals surface area contributed by atoms with Gasteiger partial charge in [0, 0.05) is 59.3 Å². The van der Waals surface area contributed by atoms with Gasteiger partial charge in [-0.25, -0.2) is 0 Å². The number of anilines is 1. The summed E-state index contributed by atoms with van der Waals surface area (Å²) >= 11 is 0. The minimum atomic E-state index is -0.580. The zero-order chi connectivity index (χ0) is 41.7. The standard InChI is InChI=1S/C50H53N3O7/c1-5-52-40-11-7-6-9-29(40)13-14-34-31-19-20-50(25-31)26-32-21-33(55)23-44(58-4)46(32)37-16-15-36-39(27-59-28(2)54)48(60-49(36)47(37)50)38-24-43(57-3)42(56)22-30(38)10-8-12-41-35(34)17-18-45(51)53-41/h6-7,9,11,15-18,21-24,31,34,39,45,48,52-53,55-56H,5,10,13-14,19-20,25-27,51H2,1-4H3. The Bertz CT molecular complexity index is 2500. The first kappa shape index (κ1) is 39.4. The average molecular weight is 808 g/mol. The smallest absolute Gasteiger partial charge is 0.302 e. The van der Waals surface area contributed by atoms with E-state index in [1.54, 1.807) is 19.2 Å². The zero-order valence-electron chi connectivity index (χ0n) is 34.7. The van der Waals surface area contributed by atoms with Crippen LogP contribution in [-0.2, 0) is 34.2 Å². The van der Waals surface area contributed by atoms with Gasteiger partial charge in [-0.2, -0.15) is 0 Å². The summed E-state index contributed by atoms with van der Waals surface area (Å²) < 4.78 is 24.8. The first-order valence-corrected chi connectivity index (χ1v) is 21.1. The number of carbonyl (C=O) groups excluding carboxylic acids is 1. The summed E-state index contributed by atoms with van der Waals surface area (Å²) in [7, 11) is 3.17. The molecule has 1 saturated carbocycles. The molecule has 0 saturated heterocycles. The van der Waals surface area contributed by atoms with E-state index in [-0.39, 0.29) is 53.4 Å². The van der Waals surface area contributed by atoms with Gasteiger partial charge in [-0.3, -0.25) is 4.79 Å². The van der Waals surface area contributed by atoms with Crippen LogP contribution in [0.1, 0.15) is 84.9 Å². The molecule has 5 aliphatic rings. The van der Waals surface area contributed by atoms with Gasteiger partial charge in [-0.15, -0.1) is 0 Å². The molecule has 9 rings (SSSR count). The zero-order valence-corrected chi connectivity index (χ0v) is 34.7. The third kappa shape index (κ3) is 6.89. The molecule has 6 atom stereocenters. The van der Waals surface area contributed by atoms with E-state index in [2.05, 4.69) is 71.9 Å². The van der Waals surface area contributed by atoms with Crippen molar-refractivity contribution in [3.8, 4) is 51.7 Å². The summed E-state index contributed by atoms with van der Waals surface area (Å²) in [5, 5.41) is 29.3. The summed E-state index contributed by atoms with van der Waals surface area (Å²) in [5.41, 5.74) is 17.3. The Kier molecular flexibility index (Phi) is 10.4. The highest BCUT2D eigenvalue weighted by Crippen LogP contribution is 2.63. The van der Waals surface area contributed by atoms with Crippen molar-refractivity contribution in [3.63, 3.8) is 0 Å². The highest BCUT2D eigenvalue weighted by Gasteiger charge is 2.52. The van der Waals surface area contributed by atoms with Crippen molar-refractivity contribution in [2.24, 2.45) is 17.6 Å². The Morgan fingerprint density at radius 3 is 2.67 bits per heavy atom. The van der Waals surface area contributed by atoms with Gasteiger partial charge in [0.05, 0.1) is 32.0 Å². The van der Waals surface area contributed by atoms with Gasteiger partial charge in [0.15, 0.2) is 11.5 Å². The van der Waals surface area contributed by atoms with Gasteiger partial charge in [-0.1, -0.05) is 42.3 Å². The number of nitrogens with one attached hydrogen (secondary N) is 2. The SMILES string of the molecule is CCNc1ccccc1CCC1C2=C(C#CCc3cc(O)c(OC)cc3C3Oc4c(ccc5c4C4(CCC1C4)Cc1cc(O)cc(OC)c1-5)C3COC(C)=O)NC(N)C=C2. The molecular formula is C50H53N3O7. The van der Waals surface area contributed by atoms with Gasteiger partial charge in [0.2, 0.25) is 0 Å². The summed E-state index contributed by atoms with van der Waals surface area (Å²) in [4.78, 5) is 12.4. The number of aromatic hydroxyl groups is 2. The van der Waals surface area contributed by atoms with Crippen LogP contribution in [0.2, 0.25) is 0 Å². The lowest BCUT2D eigenvalue weighted by molar-refractivity contribution is -0.141. The first-order valence-electron chi connectivity index (χ1n) is 21.1. The Morgan fingerprint density at radius 2 is 1.87 bits per heavy atom. The van der Waals surface area contributed by atoms with E-state index >= 15 is 0 Å². The van der Waals surface area contributed by atoms with Crippen molar-refractivity contribution >= 4 is 11.7 Å². The van der Waals surface area contributed by atoms with Crippen molar-refractivity contribution < 1.29 is 34.0 Å². The van der Waals surface area contributed by atoms with E-state index < -0.39 is 6.10 Å². The van der Waals surface area contributed by atoms with E-state index in [1.165, 1.54) is 19.6 Å². The average Bonchev–Trinajstić information content (AvgIpc) is 3.82. The molecule has 6 unspecified atom stereocenters. The van der Waals surface area contributed by atoms with Gasteiger partial charge in [0.25, 0.3) is 0 Å². The number of hydrogen-bond donors (Lipinski definition) is 5. The summed E-state index contributed by atoms with van der Waals surface area (Å²) in [6, 6.07) is 20.0. The number of methoxy groups -OCH3 is 2. The molecule has 6 N–H and O–H groups in total. The number of ether oxygens (including phenoxy) is 4. The summed E-state index contributed by atoms with van der Waals surface area (Å²) in [5.74, 6) is 8.54. The number of fused-ring (bicyclic) bond motifs is 6. The first-order chi connectivity index (χ1) is 29.1. The highest BCUT2D eigenvalue weighted by molar-refractivity contribution is 5.84. The van der Waals surface area contributed by atoms with E-state index in [9.17, 15) is 15.0 Å². The number of phenols is 2. The Labute approximate surface area is 351 Å². The van der Waals surface area contributed by atoms with Crippen LogP contribution in [0, 0.1) is 23.7 Å². The Hall–Kier alpha value is -6.05. The molecule has 3 heterocycles. The lowest BCUT2D eigenvalue weighted by atomic mass is 9.64. The molecule has 0 amide bonds. The van der Waals surface area contributed by atoms with Crippen molar-refractivity contribution in [2.75, 3.05) is 32.7 Å². The maximum Gasteiger partial charge on any atom is 0.302 e. The van der Waals surface area contributed by atoms with Gasteiger partial charge in [0.1, 0.15) is 30.0 Å². The maximum atomic E-state index is 12.4. The number of carbonyl (C=O) groups is 1. The van der Waals surface area contributed by atoms with E-state index in [1.807, 2.05) is 18.2 Å². The predicted molar refractivity (Wildman–Crippen MR) is 231 cm³/mol. The molecule has 3 aliphatic heterocycles. The topological polar surface area (TPSA) is 145 Å². The number of para-hydroxylation sites is 1. The molecule has 0 aromatic heterocycles. The number of esters is 1. The van der Waals surface area contributed by atoms with E-state index in [0.29, 0.717) is 24.3 Å². The third-order valence-electron chi connectivity index (χ3n) is 13.4. The Balaban J connectivity index is 1.28. The maximum absolute atomic E-state index is 12.4. The largest absolute Gasteiger partial charge is 0.508 e. The number of rotatable bonds is 9. The molecule has 4 aromatic carbocycles. The molecule has 10 nitrogen and oxygen atoms in total. The van der Waals surface area contributed by atoms with Crippen LogP contribution in [0.4, 0.5) is 5.69 Å². The fourth-order valence-corrected chi connectivity index (χ4v) is 10.9. The Morgan fingerprint density at radius 1 is 1.03 bits per heavy atom. The van der Waals surface area contributed by atoms with Crippen LogP contribution in [0.15, 0.2) is 84.1 Å². The van der Waals surface area contributed by atoms with Crippen LogP contribution < -0.4 is 30.6 Å². The molecule has 4 aromatic rings. The molecule has 1 spiro atoms. The normalized spacial score (nSPS) is 24.2. The number of hydrogen-bond acceptors (Lipinski definition) is 10. The van der Waals surface area contributed by atoms with Gasteiger partial charge >= 0.3 is 5.97 Å². The minimum absolute atomic E-state index is 0.00201. The third-order valence-corrected chi connectivity index (χ3v) is 13.4. The molecule has 4 bridgehead atoms. The van der Waals surface area contributed by atoms with E-state index in [0.717, 1.165) is 100 Å². The van der Waals surface area contributed by atoms with Crippen molar-refractivity contribution in [1.29, 1.82) is 0 Å². The lowest BCUT2D eigenvalue weighted by Crippen LogP contribution is -2.38. The number of nitrogens with two attached hydrogens (primary N) is 1. The van der Waals surface area contributed by atoms with Crippen LogP contribution in [0.3, 0.4) is 0 Å². The van der Waals surface area contributed by atoms with Gasteiger partial charge < -0.3 is 45.5 Å². The molecule has 10 heteroatoms. The predicted octanol–water partition coefficient (Wildman–Crippen LogP) is 8.10. The summed E-state index contributed by atoms with van der Waals surface area (Å²) in [6.07, 6.45) is 8.77. The number of aryl methyl sites for hydroxylation is 1. The van der Waals surface area contributed by atoms with Crippen molar-refractivity contribution in [2.45, 2.75) is 82.4 Å². The molecule has 310 valence electrons. The fraction of sp³-hybridized carbons (Fsp3) is 0.380. The monoisotopic (exact) mass is 807 g/mol. The molecule has 1 fully saturated rings. The quantitative estimate of drug-likeness (QED) is 0.0832. The van der Waals surface area contributed by atoms with Crippen molar-refractivity contribution in [3.05, 3.63) is 117 Å². The van der Waals surface area contributed by atoms with E-state index in [4.69, 9.17) is 24.7 Å². The molecule has 60 heavy (non-hydrogen) atoms. The number of allylic oxidation sites excluding steroid dienone is 3. The van der Waals surface area contributed by atoms with Crippen LogP contribution in [0.5, 0.6) is 28.7 Å². The van der Waals surface area contributed by atoms with Crippen LogP contribution in [-0.4, -0.2) is 49.7 Å².